The van der Waals surface area contributed by atoms with E-state index in [-0.39, 0.29) is 11.8 Å². The minimum atomic E-state index is -0.0447. The third-order valence-corrected chi connectivity index (χ3v) is 5.80. The van der Waals surface area contributed by atoms with E-state index in [0.29, 0.717) is 31.9 Å². The number of hydrogen-bond donors (Lipinski definition) is 1. The summed E-state index contributed by atoms with van der Waals surface area (Å²) in [5, 5.41) is 10.2. The first-order valence-electron chi connectivity index (χ1n) is 9.66. The molecule has 1 fully saturated rings. The van der Waals surface area contributed by atoms with Gasteiger partial charge in [-0.1, -0.05) is 0 Å². The van der Waals surface area contributed by atoms with Crippen molar-refractivity contribution in [1.29, 1.82) is 0 Å². The Hall–Kier alpha value is -2.26. The molecule has 1 aliphatic heterocycles. The number of carbonyl (C=O) groups excluding carboxylic acids is 2. The molecule has 0 aromatic carbocycles. The van der Waals surface area contributed by atoms with Crippen LogP contribution in [0.25, 0.3) is 0 Å². The van der Waals surface area contributed by atoms with E-state index in [1.807, 2.05) is 42.7 Å². The van der Waals surface area contributed by atoms with E-state index in [9.17, 15) is 9.59 Å². The van der Waals surface area contributed by atoms with Crippen LogP contribution in [0.2, 0.25) is 0 Å². The summed E-state index contributed by atoms with van der Waals surface area (Å²) in [5.41, 5.74) is 3.13. The predicted molar refractivity (Wildman–Crippen MR) is 110 cm³/mol. The Kier molecular flexibility index (Phi) is 6.46. The highest BCUT2D eigenvalue weighted by atomic mass is 32.1. The van der Waals surface area contributed by atoms with E-state index in [2.05, 4.69) is 20.3 Å². The third kappa shape index (κ3) is 4.59. The maximum Gasteiger partial charge on any atom is 0.273 e. The molecule has 0 aliphatic carbocycles. The predicted octanol–water partition coefficient (Wildman–Crippen LogP) is 2.07. The second-order valence-corrected chi connectivity index (χ2v) is 8.15. The van der Waals surface area contributed by atoms with Crippen LogP contribution in [-0.4, -0.2) is 69.1 Å². The molecule has 152 valence electrons. The Morgan fingerprint density at radius 3 is 2.61 bits per heavy atom. The summed E-state index contributed by atoms with van der Waals surface area (Å²) in [4.78, 5) is 33.4. The van der Waals surface area contributed by atoms with Gasteiger partial charge in [-0.3, -0.25) is 19.2 Å². The second-order valence-electron chi connectivity index (χ2n) is 7.08. The summed E-state index contributed by atoms with van der Waals surface area (Å²) in [6.45, 7) is 11.7. The van der Waals surface area contributed by atoms with E-state index in [0.717, 1.165) is 41.6 Å². The number of amides is 2. The SMILES string of the molecule is CCn1nc(C)c(NC(=O)CN2CCCN(C(=O)c3csc(C)n3)CC2)c1C. The second kappa shape index (κ2) is 8.83. The lowest BCUT2D eigenvalue weighted by molar-refractivity contribution is -0.117. The van der Waals surface area contributed by atoms with Crippen LogP contribution in [0.5, 0.6) is 0 Å². The minimum Gasteiger partial charge on any atom is -0.336 e. The van der Waals surface area contributed by atoms with Gasteiger partial charge in [-0.15, -0.1) is 11.3 Å². The molecule has 2 amide bonds. The Labute approximate surface area is 169 Å². The Morgan fingerprint density at radius 1 is 1.18 bits per heavy atom. The van der Waals surface area contributed by atoms with Gasteiger partial charge in [0.2, 0.25) is 5.91 Å². The number of hydrogen-bond acceptors (Lipinski definition) is 6. The quantitative estimate of drug-likeness (QED) is 0.825. The molecule has 0 atom stereocenters. The molecule has 2 aromatic rings. The van der Waals surface area contributed by atoms with Gasteiger partial charge in [0.15, 0.2) is 0 Å². The monoisotopic (exact) mass is 404 g/mol. The van der Waals surface area contributed by atoms with Crippen LogP contribution >= 0.6 is 11.3 Å². The highest BCUT2D eigenvalue weighted by Crippen LogP contribution is 2.19. The van der Waals surface area contributed by atoms with Crippen molar-refractivity contribution in [2.45, 2.75) is 40.7 Å². The smallest absolute Gasteiger partial charge is 0.273 e. The molecule has 0 saturated carbocycles. The van der Waals surface area contributed by atoms with Gasteiger partial charge in [0.25, 0.3) is 5.91 Å². The van der Waals surface area contributed by atoms with Crippen molar-refractivity contribution in [2.75, 3.05) is 38.0 Å². The van der Waals surface area contributed by atoms with E-state index in [4.69, 9.17) is 0 Å². The Balaban J connectivity index is 1.55. The molecule has 8 nitrogen and oxygen atoms in total. The summed E-state index contributed by atoms with van der Waals surface area (Å²) < 4.78 is 1.89. The number of anilines is 1. The summed E-state index contributed by atoms with van der Waals surface area (Å²) in [5.74, 6) is -0.0642. The van der Waals surface area contributed by atoms with Gasteiger partial charge in [0.05, 0.1) is 28.6 Å². The van der Waals surface area contributed by atoms with Crippen LogP contribution in [0, 0.1) is 20.8 Å². The lowest BCUT2D eigenvalue weighted by Gasteiger charge is -2.21. The van der Waals surface area contributed by atoms with Gasteiger partial charge in [-0.25, -0.2) is 4.98 Å². The van der Waals surface area contributed by atoms with E-state index >= 15 is 0 Å². The summed E-state index contributed by atoms with van der Waals surface area (Å²) in [6.07, 6.45) is 0.841. The van der Waals surface area contributed by atoms with Crippen LogP contribution in [-0.2, 0) is 11.3 Å². The van der Waals surface area contributed by atoms with Crippen molar-refractivity contribution in [3.63, 3.8) is 0 Å². The van der Waals surface area contributed by atoms with Crippen molar-refractivity contribution in [2.24, 2.45) is 0 Å². The van der Waals surface area contributed by atoms with Crippen LogP contribution in [0.15, 0.2) is 5.38 Å². The van der Waals surface area contributed by atoms with Crippen molar-refractivity contribution in [3.8, 4) is 0 Å². The molecule has 28 heavy (non-hydrogen) atoms. The molecule has 1 aliphatic rings. The van der Waals surface area contributed by atoms with Crippen molar-refractivity contribution in [3.05, 3.63) is 27.5 Å². The molecule has 9 heteroatoms. The highest BCUT2D eigenvalue weighted by Gasteiger charge is 2.23. The average molecular weight is 405 g/mol. The summed E-state index contributed by atoms with van der Waals surface area (Å²) >= 11 is 1.49. The molecule has 1 saturated heterocycles. The molecule has 0 spiro atoms. The fraction of sp³-hybridized carbons (Fsp3) is 0.579. The topological polar surface area (TPSA) is 83.4 Å². The molecular formula is C19H28N6O2S. The molecule has 0 unspecified atom stereocenters. The number of nitrogens with one attached hydrogen (secondary N) is 1. The molecule has 1 N–H and O–H groups in total. The summed E-state index contributed by atoms with van der Waals surface area (Å²) in [6, 6.07) is 0. The number of aryl methyl sites for hydroxylation is 3. The summed E-state index contributed by atoms with van der Waals surface area (Å²) in [7, 11) is 0. The molecule has 0 radical (unpaired) electrons. The van der Waals surface area contributed by atoms with Crippen molar-refractivity contribution < 1.29 is 9.59 Å². The average Bonchev–Trinajstić information content (AvgIpc) is 3.11. The van der Waals surface area contributed by atoms with Gasteiger partial charge in [-0.2, -0.15) is 5.10 Å². The normalized spacial score (nSPS) is 15.5. The first-order valence-corrected chi connectivity index (χ1v) is 10.5. The Bertz CT molecular complexity index is 859. The molecule has 3 heterocycles. The zero-order valence-electron chi connectivity index (χ0n) is 17.0. The Morgan fingerprint density at radius 2 is 1.96 bits per heavy atom. The standard InChI is InChI=1S/C19H28N6O2S/c1-5-25-14(3)18(13(2)22-25)21-17(26)11-23-7-6-8-24(10-9-23)19(27)16-12-28-15(4)20-16/h12H,5-11H2,1-4H3,(H,21,26). The lowest BCUT2D eigenvalue weighted by Crippen LogP contribution is -2.38. The maximum atomic E-state index is 12.6. The number of thiazole rings is 1. The number of rotatable bonds is 5. The third-order valence-electron chi connectivity index (χ3n) is 5.03. The van der Waals surface area contributed by atoms with Gasteiger partial charge in [-0.05, 0) is 34.1 Å². The van der Waals surface area contributed by atoms with Crippen molar-refractivity contribution >= 4 is 28.8 Å². The largest absolute Gasteiger partial charge is 0.336 e. The van der Waals surface area contributed by atoms with Crippen LogP contribution in [0.4, 0.5) is 5.69 Å². The highest BCUT2D eigenvalue weighted by molar-refractivity contribution is 7.09. The fourth-order valence-electron chi connectivity index (χ4n) is 3.52. The van der Waals surface area contributed by atoms with E-state index in [1.54, 1.807) is 0 Å². The zero-order chi connectivity index (χ0) is 20.3. The molecule has 3 rings (SSSR count). The minimum absolute atomic E-state index is 0.0196. The maximum absolute atomic E-state index is 12.6. The zero-order valence-corrected chi connectivity index (χ0v) is 17.8. The molecular weight excluding hydrogens is 376 g/mol. The van der Waals surface area contributed by atoms with Crippen molar-refractivity contribution in [1.82, 2.24) is 24.6 Å². The van der Waals surface area contributed by atoms with Crippen LogP contribution in [0.3, 0.4) is 0 Å². The van der Waals surface area contributed by atoms with Crippen LogP contribution < -0.4 is 5.32 Å². The van der Waals surface area contributed by atoms with Gasteiger partial charge >= 0.3 is 0 Å². The van der Waals surface area contributed by atoms with E-state index in [1.165, 1.54) is 11.3 Å². The molecule has 0 bridgehead atoms. The number of nitrogens with zero attached hydrogens (tertiary/aromatic N) is 5. The van der Waals surface area contributed by atoms with Gasteiger partial charge in [0.1, 0.15) is 5.69 Å². The first kappa shape index (κ1) is 20.5. The van der Waals surface area contributed by atoms with Crippen LogP contribution in [0.1, 0.15) is 40.2 Å². The number of carbonyl (C=O) groups is 2. The van der Waals surface area contributed by atoms with Gasteiger partial charge in [0, 0.05) is 38.1 Å². The first-order chi connectivity index (χ1) is 13.4. The molecule has 2 aromatic heterocycles. The number of aromatic nitrogens is 3. The van der Waals surface area contributed by atoms with Gasteiger partial charge < -0.3 is 10.2 Å². The fourth-order valence-corrected chi connectivity index (χ4v) is 4.11. The van der Waals surface area contributed by atoms with E-state index < -0.39 is 0 Å². The lowest BCUT2D eigenvalue weighted by atomic mass is 10.3.